The van der Waals surface area contributed by atoms with E-state index in [-0.39, 0.29) is 4.84 Å². The predicted octanol–water partition coefficient (Wildman–Crippen LogP) is 3.78. The molecular formula is C8H2BrClN2OS. The number of nitrogens with one attached hydrogen (secondary N) is 1. The van der Waals surface area contributed by atoms with Crippen LogP contribution in [0.4, 0.5) is 0 Å². The van der Waals surface area contributed by atoms with Gasteiger partial charge in [0.2, 0.25) is 0 Å². The number of aromatic nitrogens is 1. The van der Waals surface area contributed by atoms with Crippen LogP contribution >= 0.6 is 39.7 Å². The number of hydrogen-bond donors (Lipinski definition) is 1. The van der Waals surface area contributed by atoms with E-state index in [1.165, 1.54) is 0 Å². The van der Waals surface area contributed by atoms with Gasteiger partial charge in [0.05, 0.1) is 20.6 Å². The number of halogens is 2. The van der Waals surface area contributed by atoms with Gasteiger partial charge < -0.3 is 9.40 Å². The number of aromatic amines is 1. The lowest BCUT2D eigenvalue weighted by Gasteiger charge is -1.97. The molecule has 70 valence electrons. The molecule has 0 radical (unpaired) electrons. The van der Waals surface area contributed by atoms with Gasteiger partial charge in [0, 0.05) is 0 Å². The molecule has 0 unspecified atom stereocenters. The maximum atomic E-state index is 8.82. The average Bonchev–Trinajstić information content (AvgIpc) is 2.47. The van der Waals surface area contributed by atoms with Crippen molar-refractivity contribution in [2.75, 3.05) is 0 Å². The van der Waals surface area contributed by atoms with E-state index >= 15 is 0 Å². The number of hydrogen-bond acceptors (Lipinski definition) is 3. The normalized spacial score (nSPS) is 10.4. The summed E-state index contributed by atoms with van der Waals surface area (Å²) in [6.45, 7) is 0. The van der Waals surface area contributed by atoms with Gasteiger partial charge in [-0.15, -0.1) is 0 Å². The SMILES string of the molecule is N#Cc1c(Cl)cc2[nH]c(=S)oc2c1Br. The molecule has 0 aliphatic carbocycles. The third kappa shape index (κ3) is 1.36. The van der Waals surface area contributed by atoms with E-state index in [1.54, 1.807) is 6.07 Å². The maximum absolute atomic E-state index is 8.82. The second-order valence-corrected chi connectivity index (χ2v) is 4.12. The molecule has 0 aliphatic heterocycles. The molecule has 0 spiro atoms. The van der Waals surface area contributed by atoms with Crippen molar-refractivity contribution in [1.82, 2.24) is 4.98 Å². The summed E-state index contributed by atoms with van der Waals surface area (Å²) in [5.74, 6) is 0. The fourth-order valence-electron chi connectivity index (χ4n) is 1.12. The fraction of sp³-hybridized carbons (Fsp3) is 0. The first-order valence-corrected chi connectivity index (χ1v) is 5.12. The monoisotopic (exact) mass is 288 g/mol. The van der Waals surface area contributed by atoms with Crippen LogP contribution < -0.4 is 0 Å². The highest BCUT2D eigenvalue weighted by Crippen LogP contribution is 2.32. The fourth-order valence-corrected chi connectivity index (χ4v) is 2.27. The molecule has 0 fully saturated rings. The lowest BCUT2D eigenvalue weighted by Crippen LogP contribution is -1.81. The molecule has 0 amide bonds. The highest BCUT2D eigenvalue weighted by atomic mass is 79.9. The summed E-state index contributed by atoms with van der Waals surface area (Å²) in [4.78, 5) is 3.07. The second kappa shape index (κ2) is 3.39. The van der Waals surface area contributed by atoms with Crippen molar-refractivity contribution < 1.29 is 4.42 Å². The van der Waals surface area contributed by atoms with E-state index in [1.807, 2.05) is 6.07 Å². The lowest BCUT2D eigenvalue weighted by atomic mass is 10.2. The van der Waals surface area contributed by atoms with Crippen molar-refractivity contribution in [3.8, 4) is 6.07 Å². The summed E-state index contributed by atoms with van der Waals surface area (Å²) in [5.41, 5.74) is 1.53. The van der Waals surface area contributed by atoms with Gasteiger partial charge >= 0.3 is 0 Å². The highest BCUT2D eigenvalue weighted by molar-refractivity contribution is 9.10. The van der Waals surface area contributed by atoms with E-state index in [0.717, 1.165) is 0 Å². The molecule has 0 bridgehead atoms. The Hall–Kier alpha value is -0.830. The number of nitrogens with zero attached hydrogens (tertiary/aromatic N) is 1. The van der Waals surface area contributed by atoms with Crippen LogP contribution in [0.1, 0.15) is 5.56 Å². The predicted molar refractivity (Wildman–Crippen MR) is 58.8 cm³/mol. The molecule has 2 aromatic rings. The first-order valence-electron chi connectivity index (χ1n) is 3.54. The van der Waals surface area contributed by atoms with Crippen molar-refractivity contribution in [2.45, 2.75) is 0 Å². The number of H-pyrrole nitrogens is 1. The van der Waals surface area contributed by atoms with Crippen LogP contribution in [0.15, 0.2) is 15.0 Å². The van der Waals surface area contributed by atoms with Gasteiger partial charge in [-0.1, -0.05) is 11.6 Å². The number of fused-ring (bicyclic) bond motifs is 1. The van der Waals surface area contributed by atoms with Crippen molar-refractivity contribution in [1.29, 1.82) is 5.26 Å². The number of nitriles is 1. The van der Waals surface area contributed by atoms with Crippen LogP contribution in [0.5, 0.6) is 0 Å². The largest absolute Gasteiger partial charge is 0.428 e. The van der Waals surface area contributed by atoms with Crippen molar-refractivity contribution in [2.24, 2.45) is 0 Å². The first kappa shape index (κ1) is 9.71. The van der Waals surface area contributed by atoms with Gasteiger partial charge in [0.1, 0.15) is 6.07 Å². The third-order valence-electron chi connectivity index (χ3n) is 1.72. The first-order chi connectivity index (χ1) is 6.63. The Balaban J connectivity index is 3.01. The minimum absolute atomic E-state index is 0.256. The average molecular weight is 290 g/mol. The molecule has 1 aromatic heterocycles. The summed E-state index contributed by atoms with van der Waals surface area (Å²) in [7, 11) is 0. The number of benzene rings is 1. The van der Waals surface area contributed by atoms with E-state index in [2.05, 4.69) is 20.9 Å². The molecule has 14 heavy (non-hydrogen) atoms. The van der Waals surface area contributed by atoms with Crippen molar-refractivity contribution in [3.63, 3.8) is 0 Å². The molecule has 1 aromatic carbocycles. The van der Waals surface area contributed by atoms with Crippen LogP contribution in [0.3, 0.4) is 0 Å². The van der Waals surface area contributed by atoms with Gasteiger partial charge in [-0.25, -0.2) is 0 Å². The Bertz CT molecular complexity index is 610. The Kier molecular flexibility index (Phi) is 2.35. The molecule has 2 rings (SSSR count). The van der Waals surface area contributed by atoms with E-state index in [0.29, 0.717) is 26.2 Å². The second-order valence-electron chi connectivity index (χ2n) is 2.55. The Morgan fingerprint density at radius 3 is 3.00 bits per heavy atom. The van der Waals surface area contributed by atoms with Crippen LogP contribution in [-0.2, 0) is 0 Å². The van der Waals surface area contributed by atoms with Crippen LogP contribution in [0, 0.1) is 16.2 Å². The lowest BCUT2D eigenvalue weighted by molar-refractivity contribution is 0.581. The zero-order valence-electron chi connectivity index (χ0n) is 6.60. The van der Waals surface area contributed by atoms with Crippen molar-refractivity contribution in [3.05, 3.63) is 26.0 Å². The molecule has 0 saturated carbocycles. The topological polar surface area (TPSA) is 52.7 Å². The summed E-state index contributed by atoms with van der Waals surface area (Å²) in [5, 5.41) is 9.18. The molecule has 6 heteroatoms. The van der Waals surface area contributed by atoms with Gasteiger partial charge in [-0.05, 0) is 34.2 Å². The van der Waals surface area contributed by atoms with E-state index in [9.17, 15) is 0 Å². The van der Waals surface area contributed by atoms with Crippen LogP contribution in [0.25, 0.3) is 11.1 Å². The zero-order chi connectivity index (χ0) is 10.3. The molecular weight excluding hydrogens is 288 g/mol. The van der Waals surface area contributed by atoms with E-state index < -0.39 is 0 Å². The molecule has 1 heterocycles. The Morgan fingerprint density at radius 2 is 2.36 bits per heavy atom. The highest BCUT2D eigenvalue weighted by Gasteiger charge is 2.13. The number of oxazole rings is 1. The Labute approximate surface area is 97.4 Å². The standard InChI is InChI=1S/C8H2BrClN2OS/c9-6-3(2-11)4(10)1-5-7(6)13-8(14)12-5/h1H,(H,12,14). The molecule has 1 N–H and O–H groups in total. The van der Waals surface area contributed by atoms with Crippen molar-refractivity contribution >= 4 is 50.8 Å². The smallest absolute Gasteiger partial charge is 0.266 e. The minimum atomic E-state index is 0.256. The third-order valence-corrected chi connectivity index (χ3v) is 2.96. The van der Waals surface area contributed by atoms with Gasteiger partial charge in [-0.2, -0.15) is 5.26 Å². The van der Waals surface area contributed by atoms with Crippen LogP contribution in [0.2, 0.25) is 5.02 Å². The van der Waals surface area contributed by atoms with Gasteiger partial charge in [-0.3, -0.25) is 0 Å². The summed E-state index contributed by atoms with van der Waals surface area (Å²) in [6, 6.07) is 3.59. The van der Waals surface area contributed by atoms with Crippen LogP contribution in [-0.4, -0.2) is 4.98 Å². The summed E-state index contributed by atoms with van der Waals surface area (Å²) in [6.07, 6.45) is 0. The van der Waals surface area contributed by atoms with Gasteiger partial charge in [0.25, 0.3) is 4.84 Å². The van der Waals surface area contributed by atoms with Gasteiger partial charge in [0.15, 0.2) is 5.58 Å². The molecule has 0 saturated heterocycles. The zero-order valence-corrected chi connectivity index (χ0v) is 9.76. The Morgan fingerprint density at radius 1 is 1.64 bits per heavy atom. The molecule has 0 aliphatic rings. The minimum Gasteiger partial charge on any atom is -0.428 e. The summed E-state index contributed by atoms with van der Waals surface area (Å²) >= 11 is 13.9. The molecule has 3 nitrogen and oxygen atoms in total. The quantitative estimate of drug-likeness (QED) is 0.751. The number of rotatable bonds is 0. The maximum Gasteiger partial charge on any atom is 0.266 e. The molecule has 0 atom stereocenters. The van der Waals surface area contributed by atoms with E-state index in [4.69, 9.17) is 33.5 Å². The summed E-state index contributed by atoms with van der Waals surface area (Å²) < 4.78 is 5.72.